The van der Waals surface area contributed by atoms with Crippen molar-refractivity contribution in [3.05, 3.63) is 65.7 Å². The molecule has 2 aromatic heterocycles. The number of hydrogen-bond donors (Lipinski definition) is 1. The van der Waals surface area contributed by atoms with Crippen molar-refractivity contribution in [2.75, 3.05) is 34.5 Å². The summed E-state index contributed by atoms with van der Waals surface area (Å²) in [4.78, 5) is 61.0. The fraction of sp³-hybridized carbons (Fsp3) is 0.660. The molecule has 5 rings (SSSR count). The standard InChI is InChI=1S/C50H71FIN5O11/c1-28-13-20-40(58)68-49(7,8)48(52)67-46(62)33(6)42(60)32(5)45(50(9,64-12)24-29(2)41(28)59)66-47-43(61)38(23-31(4)65-47)56(10)22-21-37-27-57(55-54-37)39(25-51)44(63-11)35-18-16-34(17-19-35)36-15-14-30(3)53-26-36/h14-19,26-29,31-33,38-39,43-45,47-48,61H,13,20-25H2,1-12H3/t28-,29-,31-,32+,33-,38+,39-,43-,44-,45-,47+,48+,50-/m1/s1. The van der Waals surface area contributed by atoms with Gasteiger partial charge in [0.2, 0.25) is 0 Å². The van der Waals surface area contributed by atoms with Crippen LogP contribution in [-0.2, 0) is 54.0 Å². The topological polar surface area (TPSA) is 191 Å². The maximum absolute atomic E-state index is 14.8. The Morgan fingerprint density at radius 3 is 2.28 bits per heavy atom. The molecule has 0 bridgehead atoms. The lowest BCUT2D eigenvalue weighted by Crippen LogP contribution is -2.59. The molecule has 13 atom stereocenters. The van der Waals surface area contributed by atoms with Gasteiger partial charge >= 0.3 is 11.9 Å². The molecule has 4 heterocycles. The summed E-state index contributed by atoms with van der Waals surface area (Å²) in [6.45, 7) is 15.1. The minimum Gasteiger partial charge on any atom is -0.455 e. The van der Waals surface area contributed by atoms with Crippen LogP contribution in [0.3, 0.4) is 0 Å². The predicted molar refractivity (Wildman–Crippen MR) is 259 cm³/mol. The number of nitrogens with zero attached hydrogens (tertiary/aromatic N) is 5. The lowest BCUT2D eigenvalue weighted by molar-refractivity contribution is -0.296. The second kappa shape index (κ2) is 23.9. The fourth-order valence-electron chi connectivity index (χ4n) is 9.25. The van der Waals surface area contributed by atoms with E-state index in [-0.39, 0.29) is 25.0 Å². The number of alkyl halides is 2. The number of aromatic nitrogens is 4. The van der Waals surface area contributed by atoms with Crippen LogP contribution in [0.4, 0.5) is 4.39 Å². The van der Waals surface area contributed by atoms with Gasteiger partial charge in [0.15, 0.2) is 21.8 Å². The zero-order valence-electron chi connectivity index (χ0n) is 41.5. The van der Waals surface area contributed by atoms with Gasteiger partial charge in [0, 0.05) is 81.1 Å². The molecule has 1 aromatic carbocycles. The number of halogens is 2. The van der Waals surface area contributed by atoms with Crippen LogP contribution < -0.4 is 0 Å². The molecule has 18 heteroatoms. The molecule has 16 nitrogen and oxygen atoms in total. The molecule has 1 N–H and O–H groups in total. The Bertz CT molecular complexity index is 2160. The number of esters is 2. The van der Waals surface area contributed by atoms with Gasteiger partial charge in [-0.15, -0.1) is 5.10 Å². The van der Waals surface area contributed by atoms with E-state index in [0.717, 1.165) is 22.4 Å². The highest BCUT2D eigenvalue weighted by Crippen LogP contribution is 2.38. The van der Waals surface area contributed by atoms with Crippen LogP contribution >= 0.6 is 22.6 Å². The molecule has 0 amide bonds. The smallest absolute Gasteiger partial charge is 0.317 e. The summed E-state index contributed by atoms with van der Waals surface area (Å²) >= 11 is 1.87. The molecule has 0 unspecified atom stereocenters. The quantitative estimate of drug-likeness (QED) is 0.0784. The summed E-state index contributed by atoms with van der Waals surface area (Å²) in [7, 11) is 4.88. The van der Waals surface area contributed by atoms with Crippen molar-refractivity contribution in [1.29, 1.82) is 0 Å². The Kier molecular flexibility index (Phi) is 19.4. The Balaban J connectivity index is 1.33. The Hall–Kier alpha value is -3.79. The monoisotopic (exact) mass is 1060 g/mol. The first-order valence-corrected chi connectivity index (χ1v) is 24.7. The molecule has 68 heavy (non-hydrogen) atoms. The number of carbonyl (C=O) groups excluding carboxylic acids is 4. The highest BCUT2D eigenvalue weighted by molar-refractivity contribution is 14.1. The van der Waals surface area contributed by atoms with Gasteiger partial charge in [-0.1, -0.05) is 56.3 Å². The maximum Gasteiger partial charge on any atom is 0.317 e. The summed E-state index contributed by atoms with van der Waals surface area (Å²) < 4.78 is 51.8. The van der Waals surface area contributed by atoms with Gasteiger partial charge < -0.3 is 38.4 Å². The second-order valence-corrected chi connectivity index (χ2v) is 20.6. The Morgan fingerprint density at radius 2 is 1.66 bits per heavy atom. The van der Waals surface area contributed by atoms with Crippen molar-refractivity contribution in [2.45, 2.75) is 153 Å². The molecule has 0 spiro atoms. The van der Waals surface area contributed by atoms with E-state index in [0.29, 0.717) is 25.1 Å². The summed E-state index contributed by atoms with van der Waals surface area (Å²) in [5, 5.41) is 20.7. The maximum atomic E-state index is 14.8. The van der Waals surface area contributed by atoms with E-state index in [1.807, 2.05) is 91.0 Å². The van der Waals surface area contributed by atoms with E-state index < -0.39 is 106 Å². The predicted octanol–water partition coefficient (Wildman–Crippen LogP) is 7.17. The van der Waals surface area contributed by atoms with Gasteiger partial charge in [-0.25, -0.2) is 9.07 Å². The first kappa shape index (κ1) is 55.1. The van der Waals surface area contributed by atoms with E-state index in [2.05, 4.69) is 15.3 Å². The molecule has 2 aliphatic rings. The number of ether oxygens (including phenoxy) is 6. The number of pyridine rings is 1. The highest BCUT2D eigenvalue weighted by Gasteiger charge is 2.50. The van der Waals surface area contributed by atoms with E-state index in [1.165, 1.54) is 25.8 Å². The average molecular weight is 1060 g/mol. The van der Waals surface area contributed by atoms with Crippen LogP contribution in [0.15, 0.2) is 48.8 Å². The highest BCUT2D eigenvalue weighted by atomic mass is 127. The van der Waals surface area contributed by atoms with Crippen LogP contribution in [0, 0.1) is 30.6 Å². The SMILES string of the molecule is CO[C@H](c1ccc(-c2ccc(C)nc2)cc1)[C@@H](CF)n1cc(CCN(C)[C@H]2C[C@@H](C)O[C@@H](O[C@@H]3[C@@H](C)C(=O)[C@@H](C)C(=O)O[C@H](I)C(C)(C)OC(=O)CC[C@@H](C)C(=O)[C@H](C)C[C@@]3(C)OC)[C@@H]2O)nn1. The summed E-state index contributed by atoms with van der Waals surface area (Å²) in [6, 6.07) is 10.4. The molecule has 0 radical (unpaired) electrons. The number of methoxy groups -OCH3 is 2. The largest absolute Gasteiger partial charge is 0.455 e. The van der Waals surface area contributed by atoms with Crippen LogP contribution in [0.1, 0.15) is 110 Å². The van der Waals surface area contributed by atoms with Crippen molar-refractivity contribution in [2.24, 2.45) is 23.7 Å². The molecule has 2 fully saturated rings. The number of aliphatic hydroxyl groups is 1. The van der Waals surface area contributed by atoms with Gasteiger partial charge in [0.25, 0.3) is 0 Å². The van der Waals surface area contributed by atoms with Gasteiger partial charge in [0.05, 0.1) is 23.5 Å². The fourth-order valence-corrected chi connectivity index (χ4v) is 9.63. The molecule has 2 aliphatic heterocycles. The van der Waals surface area contributed by atoms with Crippen molar-refractivity contribution in [3.63, 3.8) is 0 Å². The third-order valence-electron chi connectivity index (χ3n) is 13.7. The van der Waals surface area contributed by atoms with Gasteiger partial charge in [-0.2, -0.15) is 0 Å². The number of aliphatic hydroxyl groups excluding tert-OH is 1. The van der Waals surface area contributed by atoms with Gasteiger partial charge in [-0.3, -0.25) is 24.2 Å². The lowest BCUT2D eigenvalue weighted by Gasteiger charge is -2.47. The van der Waals surface area contributed by atoms with Crippen LogP contribution in [-0.4, -0.2) is 134 Å². The van der Waals surface area contributed by atoms with Crippen molar-refractivity contribution in [1.82, 2.24) is 24.9 Å². The molecule has 0 aliphatic carbocycles. The third-order valence-corrected chi connectivity index (χ3v) is 15.4. The van der Waals surface area contributed by atoms with Crippen LogP contribution in [0.2, 0.25) is 0 Å². The molecular weight excluding hydrogens is 992 g/mol. The molecule has 3 aromatic rings. The third kappa shape index (κ3) is 13.3. The number of benzene rings is 1. The number of ketones is 2. The lowest BCUT2D eigenvalue weighted by atomic mass is 9.76. The zero-order chi connectivity index (χ0) is 50.2. The Morgan fingerprint density at radius 1 is 0.985 bits per heavy atom. The Labute approximate surface area is 413 Å². The average Bonchev–Trinajstić information content (AvgIpc) is 3.79. The second-order valence-electron chi connectivity index (χ2n) is 19.5. The number of hydrogen-bond acceptors (Lipinski definition) is 15. The van der Waals surface area contributed by atoms with E-state index in [9.17, 15) is 28.7 Å². The molecule has 2 saturated heterocycles. The molecule has 0 saturated carbocycles. The molecular formula is C50H71FIN5O11. The normalized spacial score (nSPS) is 31.2. The zero-order valence-corrected chi connectivity index (χ0v) is 43.7. The number of likely N-dealkylation sites (N-methyl/N-ethyl adjacent to an activating group) is 1. The number of carbonyl (C=O) groups is 4. The van der Waals surface area contributed by atoms with Crippen LogP contribution in [0.5, 0.6) is 0 Å². The van der Waals surface area contributed by atoms with Gasteiger partial charge in [0.1, 0.15) is 36.6 Å². The van der Waals surface area contributed by atoms with Gasteiger partial charge in [-0.05, 0) is 108 Å². The van der Waals surface area contributed by atoms with Crippen molar-refractivity contribution >= 4 is 46.1 Å². The summed E-state index contributed by atoms with van der Waals surface area (Å²) in [6.07, 6.45) is 0.0846. The van der Waals surface area contributed by atoms with E-state index >= 15 is 0 Å². The van der Waals surface area contributed by atoms with Crippen molar-refractivity contribution < 1.29 is 57.1 Å². The number of Topliss-reactive ketones (excluding diaryl/α,β-unsaturated/α-hetero) is 2. The number of cyclic esters (lactones) is 2. The first-order chi connectivity index (χ1) is 32.0. The van der Waals surface area contributed by atoms with Crippen LogP contribution in [0.25, 0.3) is 11.1 Å². The molecule has 376 valence electrons. The van der Waals surface area contributed by atoms with E-state index in [4.69, 9.17) is 28.4 Å². The number of aryl methyl sites for hydroxylation is 1. The van der Waals surface area contributed by atoms with Crippen molar-refractivity contribution in [3.8, 4) is 11.1 Å². The van der Waals surface area contributed by atoms with E-state index in [1.54, 1.807) is 47.7 Å². The first-order valence-electron chi connectivity index (χ1n) is 23.4. The summed E-state index contributed by atoms with van der Waals surface area (Å²) in [5.74, 6) is -5.37. The minimum absolute atomic E-state index is 0.0250. The summed E-state index contributed by atoms with van der Waals surface area (Å²) in [5.41, 5.74) is 1.72. The number of rotatable bonds is 13. The minimum atomic E-state index is -1.31.